The van der Waals surface area contributed by atoms with E-state index in [-0.39, 0.29) is 12.5 Å². The minimum atomic E-state index is -0.505. The van der Waals surface area contributed by atoms with Crippen molar-refractivity contribution in [3.05, 3.63) is 33.8 Å². The summed E-state index contributed by atoms with van der Waals surface area (Å²) in [6.07, 6.45) is 2.66. The number of hydrogen-bond donors (Lipinski definition) is 1. The van der Waals surface area contributed by atoms with Crippen molar-refractivity contribution in [2.24, 2.45) is 5.41 Å². The Balaban J connectivity index is 2.10. The van der Waals surface area contributed by atoms with Crippen LogP contribution in [0, 0.1) is 12.3 Å². The lowest BCUT2D eigenvalue weighted by atomic mass is 9.68. The van der Waals surface area contributed by atoms with Crippen molar-refractivity contribution in [2.45, 2.75) is 32.7 Å². The second kappa shape index (κ2) is 5.63. The van der Waals surface area contributed by atoms with Gasteiger partial charge >= 0.3 is 0 Å². The molecule has 0 unspecified atom stereocenters. The van der Waals surface area contributed by atoms with Gasteiger partial charge in [0.15, 0.2) is 0 Å². The number of aliphatic hydroxyl groups is 1. The number of aliphatic hydroxyl groups excluding tert-OH is 1. The maximum atomic E-state index is 12.4. The maximum absolute atomic E-state index is 12.4. The van der Waals surface area contributed by atoms with Crippen molar-refractivity contribution in [2.75, 3.05) is 13.7 Å². The van der Waals surface area contributed by atoms with Gasteiger partial charge in [-0.25, -0.2) is 0 Å². The molecule has 19 heavy (non-hydrogen) atoms. The third-order valence-electron chi connectivity index (χ3n) is 4.13. The molecule has 0 heterocycles. The van der Waals surface area contributed by atoms with Crippen LogP contribution in [0.1, 0.15) is 30.4 Å². The fourth-order valence-electron chi connectivity index (χ4n) is 2.59. The third kappa shape index (κ3) is 2.84. The van der Waals surface area contributed by atoms with Gasteiger partial charge in [0, 0.05) is 18.1 Å². The number of nitrogens with zero attached hydrogens (tertiary/aromatic N) is 1. The van der Waals surface area contributed by atoms with Crippen LogP contribution < -0.4 is 0 Å². The van der Waals surface area contributed by atoms with Crippen molar-refractivity contribution in [3.8, 4) is 0 Å². The maximum Gasteiger partial charge on any atom is 0.231 e. The highest BCUT2D eigenvalue weighted by Gasteiger charge is 2.45. The molecule has 1 aliphatic carbocycles. The molecule has 2 rings (SSSR count). The first-order valence-corrected chi connectivity index (χ1v) is 7.39. The Morgan fingerprint density at radius 2 is 2.16 bits per heavy atom. The topological polar surface area (TPSA) is 40.5 Å². The molecule has 4 heteroatoms. The molecule has 1 aromatic rings. The minimum absolute atomic E-state index is 0.0341. The van der Waals surface area contributed by atoms with Gasteiger partial charge in [0.2, 0.25) is 5.91 Å². The fraction of sp³-hybridized carbons (Fsp3) is 0.533. The quantitative estimate of drug-likeness (QED) is 0.924. The highest BCUT2D eigenvalue weighted by Crippen LogP contribution is 2.42. The van der Waals surface area contributed by atoms with E-state index in [9.17, 15) is 9.90 Å². The van der Waals surface area contributed by atoms with E-state index in [2.05, 4.69) is 15.9 Å². The molecule has 1 amide bonds. The van der Waals surface area contributed by atoms with E-state index >= 15 is 0 Å². The Labute approximate surface area is 122 Å². The van der Waals surface area contributed by atoms with Crippen LogP contribution in [0.2, 0.25) is 0 Å². The molecule has 0 aliphatic heterocycles. The predicted molar refractivity (Wildman–Crippen MR) is 78.7 cm³/mol. The Morgan fingerprint density at radius 3 is 2.68 bits per heavy atom. The van der Waals surface area contributed by atoms with Crippen LogP contribution in [0.3, 0.4) is 0 Å². The molecule has 0 bridgehead atoms. The van der Waals surface area contributed by atoms with E-state index in [4.69, 9.17) is 0 Å². The van der Waals surface area contributed by atoms with Crippen molar-refractivity contribution in [1.29, 1.82) is 0 Å². The molecule has 3 nitrogen and oxygen atoms in total. The molecule has 0 radical (unpaired) electrons. The lowest BCUT2D eigenvalue weighted by Crippen LogP contribution is -2.48. The van der Waals surface area contributed by atoms with Gasteiger partial charge in [-0.15, -0.1) is 0 Å². The summed E-state index contributed by atoms with van der Waals surface area (Å²) in [5.41, 5.74) is 1.81. The average molecular weight is 326 g/mol. The highest BCUT2D eigenvalue weighted by atomic mass is 79.9. The van der Waals surface area contributed by atoms with Crippen LogP contribution in [0.4, 0.5) is 0 Å². The van der Waals surface area contributed by atoms with Crippen LogP contribution in [-0.4, -0.2) is 29.6 Å². The summed E-state index contributed by atoms with van der Waals surface area (Å²) in [5, 5.41) is 9.47. The normalized spacial score (nSPS) is 16.8. The van der Waals surface area contributed by atoms with Crippen molar-refractivity contribution in [3.63, 3.8) is 0 Å². The Hall–Kier alpha value is -0.870. The summed E-state index contributed by atoms with van der Waals surface area (Å²) in [6.45, 7) is 2.60. The SMILES string of the molecule is Cc1ccc(Br)cc1CN(C)C(=O)C1(CO)CCC1. The largest absolute Gasteiger partial charge is 0.395 e. The lowest BCUT2D eigenvalue weighted by Gasteiger charge is -2.41. The van der Waals surface area contributed by atoms with Gasteiger partial charge in [-0.1, -0.05) is 28.4 Å². The molecule has 1 aromatic carbocycles. The van der Waals surface area contributed by atoms with E-state index < -0.39 is 5.41 Å². The number of benzene rings is 1. The number of hydrogen-bond acceptors (Lipinski definition) is 2. The van der Waals surface area contributed by atoms with E-state index in [1.807, 2.05) is 32.2 Å². The summed E-state index contributed by atoms with van der Waals surface area (Å²) in [4.78, 5) is 14.2. The number of amides is 1. The average Bonchev–Trinajstić information content (AvgIpc) is 2.33. The highest BCUT2D eigenvalue weighted by molar-refractivity contribution is 9.10. The number of halogens is 1. The summed E-state index contributed by atoms with van der Waals surface area (Å²) in [6, 6.07) is 6.09. The zero-order valence-electron chi connectivity index (χ0n) is 11.4. The number of carbonyl (C=O) groups excluding carboxylic acids is 1. The van der Waals surface area contributed by atoms with E-state index in [1.165, 1.54) is 5.56 Å². The van der Waals surface area contributed by atoms with Gasteiger partial charge in [0.25, 0.3) is 0 Å². The molecule has 1 aliphatic rings. The smallest absolute Gasteiger partial charge is 0.231 e. The molecule has 104 valence electrons. The summed E-state index contributed by atoms with van der Waals surface area (Å²) < 4.78 is 1.02. The standard InChI is InChI=1S/C15H20BrNO2/c1-11-4-5-13(16)8-12(11)9-17(2)14(19)15(10-18)6-3-7-15/h4-5,8,18H,3,6-7,9-10H2,1-2H3. The van der Waals surface area contributed by atoms with Gasteiger partial charge in [-0.05, 0) is 43.0 Å². The van der Waals surface area contributed by atoms with Crippen molar-refractivity contribution < 1.29 is 9.90 Å². The summed E-state index contributed by atoms with van der Waals surface area (Å²) >= 11 is 3.46. The molecule has 0 atom stereocenters. The molecular weight excluding hydrogens is 306 g/mol. The Morgan fingerprint density at radius 1 is 1.47 bits per heavy atom. The first-order chi connectivity index (χ1) is 8.98. The second-order valence-corrected chi connectivity index (χ2v) is 6.44. The van der Waals surface area contributed by atoms with Crippen LogP contribution in [-0.2, 0) is 11.3 Å². The van der Waals surface area contributed by atoms with Gasteiger partial charge in [-0.3, -0.25) is 4.79 Å². The zero-order chi connectivity index (χ0) is 14.0. The predicted octanol–water partition coefficient (Wildman–Crippen LogP) is 2.88. The third-order valence-corrected chi connectivity index (χ3v) is 4.63. The minimum Gasteiger partial charge on any atom is -0.395 e. The van der Waals surface area contributed by atoms with E-state index in [1.54, 1.807) is 4.90 Å². The molecule has 1 fully saturated rings. The van der Waals surface area contributed by atoms with Crippen LogP contribution >= 0.6 is 15.9 Å². The monoisotopic (exact) mass is 325 g/mol. The lowest BCUT2D eigenvalue weighted by molar-refractivity contribution is -0.150. The van der Waals surface area contributed by atoms with Crippen LogP contribution in [0.15, 0.2) is 22.7 Å². The van der Waals surface area contributed by atoms with Gasteiger partial charge < -0.3 is 10.0 Å². The Kier molecular flexibility index (Phi) is 4.31. The number of carbonyl (C=O) groups is 1. The zero-order valence-corrected chi connectivity index (χ0v) is 13.0. The Bertz CT molecular complexity index is 478. The van der Waals surface area contributed by atoms with Gasteiger partial charge in [0.1, 0.15) is 0 Å². The number of aryl methyl sites for hydroxylation is 1. The van der Waals surface area contributed by atoms with E-state index in [0.717, 1.165) is 29.3 Å². The molecule has 0 saturated heterocycles. The van der Waals surface area contributed by atoms with Crippen molar-refractivity contribution >= 4 is 21.8 Å². The second-order valence-electron chi connectivity index (χ2n) is 5.52. The van der Waals surface area contributed by atoms with Gasteiger partial charge in [-0.2, -0.15) is 0 Å². The molecule has 1 N–H and O–H groups in total. The summed E-state index contributed by atoms with van der Waals surface area (Å²) in [5.74, 6) is 0.0700. The molecule has 0 aromatic heterocycles. The van der Waals surface area contributed by atoms with Crippen LogP contribution in [0.25, 0.3) is 0 Å². The van der Waals surface area contributed by atoms with Gasteiger partial charge in [0.05, 0.1) is 12.0 Å². The molecular formula is C15H20BrNO2. The van der Waals surface area contributed by atoms with Crippen molar-refractivity contribution in [1.82, 2.24) is 4.90 Å². The number of rotatable bonds is 4. The first kappa shape index (κ1) is 14.5. The molecule has 0 spiro atoms. The first-order valence-electron chi connectivity index (χ1n) is 6.60. The molecule has 1 saturated carbocycles. The summed E-state index contributed by atoms with van der Waals surface area (Å²) in [7, 11) is 1.82. The van der Waals surface area contributed by atoms with Crippen LogP contribution in [0.5, 0.6) is 0 Å². The van der Waals surface area contributed by atoms with E-state index in [0.29, 0.717) is 6.54 Å². The fourth-order valence-corrected chi connectivity index (χ4v) is 2.99.